The quantitative estimate of drug-likeness (QED) is 0.542. The van der Waals surface area contributed by atoms with Gasteiger partial charge in [-0.2, -0.15) is 0 Å². The van der Waals surface area contributed by atoms with Crippen molar-refractivity contribution in [1.29, 1.82) is 0 Å². The fraction of sp³-hybridized carbons (Fsp3) is 0.143. The second-order valence-electron chi connectivity index (χ2n) is 6.61. The number of aryl methyl sites for hydroxylation is 2. The lowest BCUT2D eigenvalue weighted by Crippen LogP contribution is -2.15. The molecular weight excluding hydrogens is 361 g/mol. The van der Waals surface area contributed by atoms with E-state index in [2.05, 4.69) is 16.4 Å². The van der Waals surface area contributed by atoms with E-state index in [4.69, 9.17) is 0 Å². The summed E-state index contributed by atoms with van der Waals surface area (Å²) < 4.78 is 15.0. The standard InChI is InChI=1S/C21H18FN3OS/c1-13-7-14(2)9-17(8-13)23-20(26)10-18-12-27-21-24-19(11-25(18)21)15-3-5-16(22)6-4-15/h3-9,11-12H,10H2,1-2H3,(H,23,26). The predicted octanol–water partition coefficient (Wildman–Crippen LogP) is 5.00. The zero-order valence-electron chi connectivity index (χ0n) is 15.0. The summed E-state index contributed by atoms with van der Waals surface area (Å²) in [5, 5.41) is 4.90. The minimum absolute atomic E-state index is 0.0725. The SMILES string of the molecule is Cc1cc(C)cc(NC(=O)Cc2csc3nc(-c4ccc(F)cc4)cn23)c1. The summed E-state index contributed by atoms with van der Waals surface area (Å²) in [6.07, 6.45) is 2.14. The van der Waals surface area contributed by atoms with E-state index in [1.54, 1.807) is 12.1 Å². The van der Waals surface area contributed by atoms with Crippen molar-refractivity contribution < 1.29 is 9.18 Å². The van der Waals surface area contributed by atoms with Crippen LogP contribution in [0, 0.1) is 19.7 Å². The second-order valence-corrected chi connectivity index (χ2v) is 7.45. The Balaban J connectivity index is 1.55. The Labute approximate surface area is 160 Å². The smallest absolute Gasteiger partial charge is 0.230 e. The van der Waals surface area contributed by atoms with Gasteiger partial charge in [0.25, 0.3) is 0 Å². The fourth-order valence-electron chi connectivity index (χ4n) is 3.13. The molecule has 0 bridgehead atoms. The lowest BCUT2D eigenvalue weighted by atomic mass is 10.1. The number of rotatable bonds is 4. The van der Waals surface area contributed by atoms with Gasteiger partial charge in [-0.25, -0.2) is 9.37 Å². The van der Waals surface area contributed by atoms with Gasteiger partial charge in [-0.15, -0.1) is 11.3 Å². The molecule has 6 heteroatoms. The first-order valence-electron chi connectivity index (χ1n) is 8.57. The van der Waals surface area contributed by atoms with Crippen LogP contribution in [0.3, 0.4) is 0 Å². The molecule has 4 aromatic rings. The molecule has 0 atom stereocenters. The molecule has 0 aliphatic heterocycles. The molecule has 0 spiro atoms. The molecule has 2 aromatic carbocycles. The van der Waals surface area contributed by atoms with Gasteiger partial charge in [0.15, 0.2) is 4.96 Å². The van der Waals surface area contributed by atoms with Crippen LogP contribution in [0.5, 0.6) is 0 Å². The molecule has 1 amide bonds. The summed E-state index contributed by atoms with van der Waals surface area (Å²) in [5.74, 6) is -0.347. The van der Waals surface area contributed by atoms with Gasteiger partial charge in [0.05, 0.1) is 12.1 Å². The number of carbonyl (C=O) groups is 1. The minimum atomic E-state index is -0.275. The number of carbonyl (C=O) groups excluding carboxylic acids is 1. The van der Waals surface area contributed by atoms with Crippen LogP contribution in [0.25, 0.3) is 16.2 Å². The molecule has 1 N–H and O–H groups in total. The zero-order valence-corrected chi connectivity index (χ0v) is 15.8. The van der Waals surface area contributed by atoms with Gasteiger partial charge in [-0.3, -0.25) is 9.20 Å². The van der Waals surface area contributed by atoms with E-state index in [1.165, 1.54) is 23.5 Å². The van der Waals surface area contributed by atoms with Crippen molar-refractivity contribution in [3.8, 4) is 11.3 Å². The van der Waals surface area contributed by atoms with Gasteiger partial charge in [0, 0.05) is 28.5 Å². The van der Waals surface area contributed by atoms with Crippen LogP contribution in [0.4, 0.5) is 10.1 Å². The number of benzene rings is 2. The van der Waals surface area contributed by atoms with Crippen molar-refractivity contribution in [3.63, 3.8) is 0 Å². The molecule has 0 unspecified atom stereocenters. The Morgan fingerprint density at radius 1 is 1.15 bits per heavy atom. The van der Waals surface area contributed by atoms with E-state index in [-0.39, 0.29) is 18.1 Å². The van der Waals surface area contributed by atoms with Crippen molar-refractivity contribution in [2.75, 3.05) is 5.32 Å². The van der Waals surface area contributed by atoms with Crippen LogP contribution in [-0.4, -0.2) is 15.3 Å². The molecule has 4 rings (SSSR count). The van der Waals surface area contributed by atoms with E-state index >= 15 is 0 Å². The van der Waals surface area contributed by atoms with Crippen molar-refractivity contribution in [2.45, 2.75) is 20.3 Å². The third kappa shape index (κ3) is 3.75. The Bertz CT molecular complexity index is 1110. The molecular formula is C21H18FN3OS. The number of halogens is 1. The lowest BCUT2D eigenvalue weighted by Gasteiger charge is -2.07. The van der Waals surface area contributed by atoms with Gasteiger partial charge >= 0.3 is 0 Å². The summed E-state index contributed by atoms with van der Waals surface area (Å²) >= 11 is 1.48. The predicted molar refractivity (Wildman–Crippen MR) is 107 cm³/mol. The maximum Gasteiger partial charge on any atom is 0.230 e. The molecule has 0 fully saturated rings. The highest BCUT2D eigenvalue weighted by atomic mass is 32.1. The average Bonchev–Trinajstić information content (AvgIpc) is 3.16. The average molecular weight is 379 g/mol. The number of anilines is 1. The lowest BCUT2D eigenvalue weighted by molar-refractivity contribution is -0.115. The molecule has 4 nitrogen and oxygen atoms in total. The Morgan fingerprint density at radius 2 is 1.85 bits per heavy atom. The summed E-state index contributed by atoms with van der Waals surface area (Å²) in [4.78, 5) is 17.9. The number of aromatic nitrogens is 2. The van der Waals surface area contributed by atoms with Crippen LogP contribution >= 0.6 is 11.3 Å². The monoisotopic (exact) mass is 379 g/mol. The molecule has 0 aliphatic carbocycles. The first-order valence-corrected chi connectivity index (χ1v) is 9.45. The molecule has 27 heavy (non-hydrogen) atoms. The van der Waals surface area contributed by atoms with Crippen LogP contribution in [-0.2, 0) is 11.2 Å². The summed E-state index contributed by atoms with van der Waals surface area (Å²) in [6, 6.07) is 12.2. The summed E-state index contributed by atoms with van der Waals surface area (Å²) in [7, 11) is 0. The van der Waals surface area contributed by atoms with Crippen LogP contribution in [0.2, 0.25) is 0 Å². The van der Waals surface area contributed by atoms with E-state index in [1.807, 2.05) is 42.0 Å². The van der Waals surface area contributed by atoms with Gasteiger partial charge in [-0.1, -0.05) is 6.07 Å². The van der Waals surface area contributed by atoms with E-state index < -0.39 is 0 Å². The van der Waals surface area contributed by atoms with Crippen molar-refractivity contribution in [2.24, 2.45) is 0 Å². The number of nitrogens with zero attached hydrogens (tertiary/aromatic N) is 2. The number of thiazole rings is 1. The molecule has 0 radical (unpaired) electrons. The Morgan fingerprint density at radius 3 is 2.56 bits per heavy atom. The maximum atomic E-state index is 13.1. The first-order chi connectivity index (χ1) is 13.0. The molecule has 136 valence electrons. The largest absolute Gasteiger partial charge is 0.326 e. The molecule has 0 saturated heterocycles. The topological polar surface area (TPSA) is 46.4 Å². The number of amides is 1. The molecule has 0 aliphatic rings. The van der Waals surface area contributed by atoms with Crippen molar-refractivity contribution in [3.05, 3.63) is 76.7 Å². The summed E-state index contributed by atoms with van der Waals surface area (Å²) in [5.41, 5.74) is 5.51. The Kier molecular flexibility index (Phi) is 4.49. The first kappa shape index (κ1) is 17.4. The third-order valence-corrected chi connectivity index (χ3v) is 5.16. The maximum absolute atomic E-state index is 13.1. The molecule has 2 aromatic heterocycles. The zero-order chi connectivity index (χ0) is 19.0. The highest BCUT2D eigenvalue weighted by Crippen LogP contribution is 2.24. The third-order valence-electron chi connectivity index (χ3n) is 4.27. The van der Waals surface area contributed by atoms with E-state index in [0.29, 0.717) is 0 Å². The van der Waals surface area contributed by atoms with Gasteiger partial charge in [0.1, 0.15) is 5.82 Å². The van der Waals surface area contributed by atoms with Crippen molar-refractivity contribution >= 4 is 27.9 Å². The number of hydrogen-bond acceptors (Lipinski definition) is 3. The second kappa shape index (κ2) is 6.96. The Hall–Kier alpha value is -2.99. The normalized spacial score (nSPS) is 11.1. The van der Waals surface area contributed by atoms with Crippen LogP contribution in [0.15, 0.2) is 54.0 Å². The van der Waals surface area contributed by atoms with E-state index in [0.717, 1.165) is 38.7 Å². The van der Waals surface area contributed by atoms with Crippen molar-refractivity contribution in [1.82, 2.24) is 9.38 Å². The van der Waals surface area contributed by atoms with Crippen LogP contribution in [0.1, 0.15) is 16.8 Å². The number of hydrogen-bond donors (Lipinski definition) is 1. The van der Waals surface area contributed by atoms with Gasteiger partial charge < -0.3 is 5.32 Å². The van der Waals surface area contributed by atoms with Gasteiger partial charge in [-0.05, 0) is 61.4 Å². The fourth-order valence-corrected chi connectivity index (χ4v) is 4.01. The molecule has 2 heterocycles. The number of imidazole rings is 1. The number of fused-ring (bicyclic) bond motifs is 1. The highest BCUT2D eigenvalue weighted by molar-refractivity contribution is 7.15. The summed E-state index contributed by atoms with van der Waals surface area (Å²) in [6.45, 7) is 4.01. The van der Waals surface area contributed by atoms with Gasteiger partial charge in [0.2, 0.25) is 5.91 Å². The van der Waals surface area contributed by atoms with E-state index in [9.17, 15) is 9.18 Å². The number of nitrogens with one attached hydrogen (secondary N) is 1. The van der Waals surface area contributed by atoms with Crippen LogP contribution < -0.4 is 5.32 Å². The molecule has 0 saturated carbocycles. The highest BCUT2D eigenvalue weighted by Gasteiger charge is 2.13. The minimum Gasteiger partial charge on any atom is -0.326 e.